The highest BCUT2D eigenvalue weighted by atomic mass is 35.5. The molecule has 182 valence electrons. The Bertz CT molecular complexity index is 1180. The Morgan fingerprint density at radius 1 is 1.09 bits per heavy atom. The average Bonchev–Trinajstić information content (AvgIpc) is 3.41. The van der Waals surface area contributed by atoms with E-state index in [1.165, 1.54) is 6.21 Å². The summed E-state index contributed by atoms with van der Waals surface area (Å²) in [5.74, 6) is -0.0433. The number of ether oxygens (including phenoxy) is 2. The highest BCUT2D eigenvalue weighted by Crippen LogP contribution is 2.35. The Morgan fingerprint density at radius 3 is 2.69 bits per heavy atom. The van der Waals surface area contributed by atoms with E-state index in [1.54, 1.807) is 6.20 Å². The van der Waals surface area contributed by atoms with Crippen LogP contribution in [-0.4, -0.2) is 54.1 Å². The molecule has 5 rings (SSSR count). The second-order valence-electron chi connectivity index (χ2n) is 8.17. The van der Waals surface area contributed by atoms with Crippen LogP contribution in [0.1, 0.15) is 30.2 Å². The van der Waals surface area contributed by atoms with Crippen molar-refractivity contribution < 1.29 is 13.9 Å². The molecule has 1 aromatic carbocycles. The number of pyridine rings is 1. The first kappa shape index (κ1) is 23.4. The Morgan fingerprint density at radius 2 is 1.94 bits per heavy atom. The number of hydrogen-bond donors (Lipinski definition) is 2. The SMILES string of the molecule is Fc1cnc(N/N=C/c2ccc(Nc3ccc(C4CCCO4)c(Cl)c3)cn2)nc1N1CCOCC1. The number of hydrogen-bond acceptors (Lipinski definition) is 9. The van der Waals surface area contributed by atoms with Crippen LogP contribution < -0.4 is 15.6 Å². The van der Waals surface area contributed by atoms with E-state index in [-0.39, 0.29) is 17.9 Å². The van der Waals surface area contributed by atoms with Gasteiger partial charge in [-0.25, -0.2) is 14.8 Å². The van der Waals surface area contributed by atoms with Crippen molar-refractivity contribution in [2.45, 2.75) is 18.9 Å². The minimum atomic E-state index is -0.478. The quantitative estimate of drug-likeness (QED) is 0.363. The summed E-state index contributed by atoms with van der Waals surface area (Å²) in [5.41, 5.74) is 6.06. The lowest BCUT2D eigenvalue weighted by Crippen LogP contribution is -2.37. The number of benzene rings is 1. The van der Waals surface area contributed by atoms with Crippen molar-refractivity contribution in [3.63, 3.8) is 0 Å². The summed E-state index contributed by atoms with van der Waals surface area (Å²) in [6, 6.07) is 9.59. The third-order valence-electron chi connectivity index (χ3n) is 5.75. The lowest BCUT2D eigenvalue weighted by atomic mass is 10.1. The van der Waals surface area contributed by atoms with Crippen LogP contribution in [0.15, 0.2) is 47.8 Å². The average molecular weight is 498 g/mol. The number of morpholine rings is 1. The van der Waals surface area contributed by atoms with Crippen LogP contribution in [-0.2, 0) is 9.47 Å². The third kappa shape index (κ3) is 5.84. The number of hydrazone groups is 1. The first-order valence-electron chi connectivity index (χ1n) is 11.4. The van der Waals surface area contributed by atoms with Gasteiger partial charge in [0.2, 0.25) is 5.95 Å². The highest BCUT2D eigenvalue weighted by molar-refractivity contribution is 6.31. The highest BCUT2D eigenvalue weighted by Gasteiger charge is 2.20. The second-order valence-corrected chi connectivity index (χ2v) is 8.58. The predicted molar refractivity (Wildman–Crippen MR) is 133 cm³/mol. The number of nitrogens with zero attached hydrogens (tertiary/aromatic N) is 5. The molecule has 0 aliphatic carbocycles. The van der Waals surface area contributed by atoms with Gasteiger partial charge in [-0.3, -0.25) is 4.98 Å². The molecule has 35 heavy (non-hydrogen) atoms. The van der Waals surface area contributed by atoms with E-state index in [0.717, 1.165) is 42.6 Å². The lowest BCUT2D eigenvalue weighted by Gasteiger charge is -2.27. The van der Waals surface area contributed by atoms with E-state index in [4.69, 9.17) is 21.1 Å². The first-order valence-corrected chi connectivity index (χ1v) is 11.8. The van der Waals surface area contributed by atoms with Gasteiger partial charge in [-0.15, -0.1) is 0 Å². The van der Waals surface area contributed by atoms with Gasteiger partial charge in [-0.1, -0.05) is 17.7 Å². The number of halogens is 2. The molecule has 1 unspecified atom stereocenters. The molecular weight excluding hydrogens is 473 g/mol. The van der Waals surface area contributed by atoms with Crippen molar-refractivity contribution in [1.29, 1.82) is 0 Å². The zero-order valence-corrected chi connectivity index (χ0v) is 19.7. The molecule has 1 atom stereocenters. The summed E-state index contributed by atoms with van der Waals surface area (Å²) in [5, 5.41) is 8.10. The maximum absolute atomic E-state index is 14.1. The van der Waals surface area contributed by atoms with Crippen molar-refractivity contribution in [1.82, 2.24) is 15.0 Å². The molecule has 0 amide bonds. The molecule has 11 heteroatoms. The number of nitrogens with one attached hydrogen (secondary N) is 2. The standard InChI is InChI=1S/C24H25ClFN7O2/c25-20-12-16(5-6-19(20)22-2-1-9-35-22)30-18-4-3-17(27-13-18)14-29-32-24-28-15-21(26)23(31-24)33-7-10-34-11-8-33/h3-6,12-15,22,30H,1-2,7-11H2,(H,28,31,32)/b29-14+. The minimum Gasteiger partial charge on any atom is -0.378 e. The molecule has 2 saturated heterocycles. The molecule has 0 spiro atoms. The number of anilines is 4. The molecule has 2 aliphatic rings. The third-order valence-corrected chi connectivity index (χ3v) is 6.08. The van der Waals surface area contributed by atoms with Gasteiger partial charge in [0.15, 0.2) is 11.6 Å². The fourth-order valence-electron chi connectivity index (χ4n) is 3.98. The summed E-state index contributed by atoms with van der Waals surface area (Å²) in [7, 11) is 0. The van der Waals surface area contributed by atoms with Gasteiger partial charge in [0.25, 0.3) is 0 Å². The summed E-state index contributed by atoms with van der Waals surface area (Å²) >= 11 is 6.47. The molecule has 2 aliphatic heterocycles. The smallest absolute Gasteiger partial charge is 0.245 e. The van der Waals surface area contributed by atoms with E-state index in [0.29, 0.717) is 37.0 Å². The van der Waals surface area contributed by atoms with Crippen molar-refractivity contribution in [3.05, 3.63) is 64.8 Å². The number of aromatic nitrogens is 3. The summed E-state index contributed by atoms with van der Waals surface area (Å²) in [4.78, 5) is 14.4. The fourth-order valence-corrected chi connectivity index (χ4v) is 4.28. The van der Waals surface area contributed by atoms with E-state index < -0.39 is 5.82 Å². The number of rotatable bonds is 7. The zero-order valence-electron chi connectivity index (χ0n) is 19.0. The van der Waals surface area contributed by atoms with Crippen molar-refractivity contribution >= 4 is 41.0 Å². The normalized spacial score (nSPS) is 18.2. The molecule has 0 saturated carbocycles. The molecule has 9 nitrogen and oxygen atoms in total. The summed E-state index contributed by atoms with van der Waals surface area (Å²) in [6.45, 7) is 3.01. The zero-order chi connectivity index (χ0) is 24.0. The Balaban J connectivity index is 1.18. The van der Waals surface area contributed by atoms with Gasteiger partial charge in [-0.05, 0) is 42.7 Å². The molecule has 4 heterocycles. The summed E-state index contributed by atoms with van der Waals surface area (Å²) in [6.07, 6.45) is 6.51. The van der Waals surface area contributed by atoms with Crippen molar-refractivity contribution in [2.24, 2.45) is 5.10 Å². The van der Waals surface area contributed by atoms with Gasteiger partial charge in [0, 0.05) is 30.4 Å². The predicted octanol–water partition coefficient (Wildman–Crippen LogP) is 4.54. The largest absolute Gasteiger partial charge is 0.378 e. The molecular formula is C24H25ClFN7O2. The van der Waals surface area contributed by atoms with Crippen molar-refractivity contribution in [3.8, 4) is 0 Å². The van der Waals surface area contributed by atoms with Crippen LogP contribution in [0.25, 0.3) is 0 Å². The van der Waals surface area contributed by atoms with Crippen LogP contribution in [0.5, 0.6) is 0 Å². The second kappa shape index (κ2) is 10.9. The van der Waals surface area contributed by atoms with Crippen molar-refractivity contribution in [2.75, 3.05) is 48.6 Å². The first-order chi connectivity index (χ1) is 17.2. The maximum Gasteiger partial charge on any atom is 0.245 e. The molecule has 2 N–H and O–H groups in total. The van der Waals surface area contributed by atoms with Crippen LogP contribution in [0.3, 0.4) is 0 Å². The van der Waals surface area contributed by atoms with Gasteiger partial charge in [-0.2, -0.15) is 10.1 Å². The maximum atomic E-state index is 14.1. The van der Waals surface area contributed by atoms with E-state index >= 15 is 0 Å². The Labute approximate surface area is 207 Å². The van der Waals surface area contributed by atoms with Gasteiger partial charge >= 0.3 is 0 Å². The molecule has 2 aromatic heterocycles. The van der Waals surface area contributed by atoms with E-state index in [1.807, 2.05) is 35.2 Å². The summed E-state index contributed by atoms with van der Waals surface area (Å²) < 4.78 is 25.2. The topological polar surface area (TPSA) is 96.8 Å². The molecule has 2 fully saturated rings. The lowest BCUT2D eigenvalue weighted by molar-refractivity contribution is 0.112. The molecule has 0 radical (unpaired) electrons. The Hall–Kier alpha value is -3.34. The van der Waals surface area contributed by atoms with Gasteiger partial charge in [0.1, 0.15) is 0 Å². The van der Waals surface area contributed by atoms with Gasteiger partial charge < -0.3 is 19.7 Å². The van der Waals surface area contributed by atoms with Gasteiger partial charge in [0.05, 0.1) is 49.3 Å². The van der Waals surface area contributed by atoms with Crippen LogP contribution in [0.4, 0.5) is 27.5 Å². The van der Waals surface area contributed by atoms with Crippen LogP contribution in [0.2, 0.25) is 5.02 Å². The van der Waals surface area contributed by atoms with E-state index in [2.05, 4.69) is 30.8 Å². The van der Waals surface area contributed by atoms with Crippen LogP contribution in [0, 0.1) is 5.82 Å². The fraction of sp³-hybridized carbons (Fsp3) is 0.333. The molecule has 3 aromatic rings. The minimum absolute atomic E-state index is 0.0802. The molecule has 0 bridgehead atoms. The Kier molecular flexibility index (Phi) is 7.31. The monoisotopic (exact) mass is 497 g/mol. The van der Waals surface area contributed by atoms with E-state index in [9.17, 15) is 4.39 Å². The van der Waals surface area contributed by atoms with Crippen LogP contribution >= 0.6 is 11.6 Å².